The molecule has 2 rings (SSSR count). The Kier molecular flexibility index (Phi) is 6.97. The second-order valence-corrected chi connectivity index (χ2v) is 8.19. The van der Waals surface area contributed by atoms with E-state index >= 15 is 0 Å². The standard InChI is InChI=1S/2C6H5.C3H4O2.Bi/c2*1-2-4-6-5-3-1;1-2-3(4)5;/h2*1-5H;2H,1H2,(H,4,5);/q;;;+1/p-1. The van der Waals surface area contributed by atoms with Crippen molar-refractivity contribution in [3.63, 3.8) is 0 Å². The molecular weight excluding hydrogens is 421 g/mol. The van der Waals surface area contributed by atoms with Crippen molar-refractivity contribution in [3.05, 3.63) is 73.3 Å². The molecule has 0 amide bonds. The van der Waals surface area contributed by atoms with Crippen molar-refractivity contribution >= 4 is 35.7 Å². The van der Waals surface area contributed by atoms with Gasteiger partial charge in [0.2, 0.25) is 0 Å². The van der Waals surface area contributed by atoms with Crippen LogP contribution in [0.4, 0.5) is 0 Å². The van der Waals surface area contributed by atoms with Gasteiger partial charge in [-0.3, -0.25) is 0 Å². The second kappa shape index (κ2) is 8.60. The molecule has 2 nitrogen and oxygen atoms in total. The molecule has 0 atom stereocenters. The molecule has 0 aliphatic carbocycles. The van der Waals surface area contributed by atoms with Crippen LogP contribution in [0.2, 0.25) is 0 Å². The Balaban J connectivity index is 0.000000280. The first kappa shape index (κ1) is 14.6. The molecule has 0 saturated carbocycles. The summed E-state index contributed by atoms with van der Waals surface area (Å²) in [5, 5.41) is 9.14. The molecule has 90 valence electrons. The Morgan fingerprint density at radius 1 is 0.944 bits per heavy atom. The molecule has 0 aliphatic rings. The van der Waals surface area contributed by atoms with Gasteiger partial charge in [0.05, 0.1) is 5.97 Å². The van der Waals surface area contributed by atoms with E-state index in [9.17, 15) is 0 Å². The van der Waals surface area contributed by atoms with Crippen molar-refractivity contribution in [1.82, 2.24) is 0 Å². The van der Waals surface area contributed by atoms with Crippen LogP contribution in [-0.4, -0.2) is 29.2 Å². The summed E-state index contributed by atoms with van der Waals surface area (Å²) in [6.07, 6.45) is 0.722. The van der Waals surface area contributed by atoms with Gasteiger partial charge in [0.15, 0.2) is 0 Å². The number of carbonyl (C=O) groups is 1. The van der Waals surface area contributed by atoms with Crippen molar-refractivity contribution in [2.24, 2.45) is 0 Å². The van der Waals surface area contributed by atoms with Gasteiger partial charge in [0, 0.05) is 0 Å². The summed E-state index contributed by atoms with van der Waals surface area (Å²) < 4.78 is 3.10. The zero-order valence-electron chi connectivity index (χ0n) is 9.82. The van der Waals surface area contributed by atoms with Crippen molar-refractivity contribution in [1.29, 1.82) is 0 Å². The van der Waals surface area contributed by atoms with Gasteiger partial charge in [-0.05, 0) is 6.08 Å². The molecule has 18 heavy (non-hydrogen) atoms. The molecule has 2 aromatic rings. The normalized spacial score (nSPS) is 8.89. The SMILES string of the molecule is C=CC(=O)[O-].c1cc[c]([Bi+][c]2ccccc2)cc1. The molecular formula is C15H13BiO2. The first-order chi connectivity index (χ1) is 8.72. The fraction of sp³-hybridized carbons (Fsp3) is 0. The Labute approximate surface area is 119 Å². The first-order valence-electron chi connectivity index (χ1n) is 5.37. The minimum absolute atomic E-state index is 0.613. The quantitative estimate of drug-likeness (QED) is 0.514. The summed E-state index contributed by atoms with van der Waals surface area (Å²) in [7, 11) is 0. The van der Waals surface area contributed by atoms with E-state index in [0.29, 0.717) is 0 Å². The van der Waals surface area contributed by atoms with Crippen molar-refractivity contribution < 1.29 is 9.90 Å². The number of hydrogen-bond donors (Lipinski definition) is 0. The number of hydrogen-bond acceptors (Lipinski definition) is 2. The summed E-state index contributed by atoms with van der Waals surface area (Å²) in [5.74, 6) is -1.23. The molecule has 2 radical (unpaired) electrons. The molecule has 0 N–H and O–H groups in total. The van der Waals surface area contributed by atoms with Crippen LogP contribution < -0.4 is 11.6 Å². The van der Waals surface area contributed by atoms with Crippen LogP contribution >= 0.6 is 0 Å². The van der Waals surface area contributed by atoms with E-state index in [4.69, 9.17) is 9.90 Å². The summed E-state index contributed by atoms with van der Waals surface area (Å²) >= 11 is -0.613. The summed E-state index contributed by atoms with van der Waals surface area (Å²) in [4.78, 5) is 9.14. The maximum absolute atomic E-state index is 9.14. The molecule has 3 heteroatoms. The molecule has 0 heterocycles. The van der Waals surface area contributed by atoms with Gasteiger partial charge in [-0.15, -0.1) is 0 Å². The van der Waals surface area contributed by atoms with Gasteiger partial charge in [-0.1, -0.05) is 6.58 Å². The van der Waals surface area contributed by atoms with Gasteiger partial charge in [-0.2, -0.15) is 0 Å². The Morgan fingerprint density at radius 3 is 1.56 bits per heavy atom. The first-order valence-corrected chi connectivity index (χ1v) is 8.85. The van der Waals surface area contributed by atoms with Crippen molar-refractivity contribution in [3.8, 4) is 0 Å². The zero-order valence-corrected chi connectivity index (χ0v) is 13.3. The molecule has 0 saturated heterocycles. The van der Waals surface area contributed by atoms with Gasteiger partial charge in [0.25, 0.3) is 0 Å². The number of rotatable bonds is 3. The number of benzene rings is 2. The number of carbonyl (C=O) groups excluding carboxylic acids is 1. The molecule has 0 spiro atoms. The molecule has 0 unspecified atom stereocenters. The van der Waals surface area contributed by atoms with Crippen LogP contribution in [0.1, 0.15) is 0 Å². The van der Waals surface area contributed by atoms with E-state index in [0.717, 1.165) is 6.08 Å². The van der Waals surface area contributed by atoms with E-state index in [-0.39, 0.29) is 0 Å². The van der Waals surface area contributed by atoms with E-state index < -0.39 is 29.2 Å². The summed E-state index contributed by atoms with van der Waals surface area (Å²) in [6.45, 7) is 2.90. The van der Waals surface area contributed by atoms with Crippen LogP contribution in [0.3, 0.4) is 0 Å². The van der Waals surface area contributed by atoms with E-state index in [1.54, 1.807) is 6.54 Å². The van der Waals surface area contributed by atoms with E-state index in [1.165, 1.54) is 0 Å². The van der Waals surface area contributed by atoms with Crippen LogP contribution in [0.15, 0.2) is 73.3 Å². The predicted octanol–water partition coefficient (Wildman–Crippen LogP) is 0.264. The molecule has 0 fully saturated rings. The van der Waals surface area contributed by atoms with E-state index in [1.807, 2.05) is 0 Å². The Bertz CT molecular complexity index is 443. The second-order valence-electron chi connectivity index (χ2n) is 3.31. The third kappa shape index (κ3) is 6.31. The average Bonchev–Trinajstić information content (AvgIpc) is 2.42. The number of carboxylic acids is 1. The van der Waals surface area contributed by atoms with Gasteiger partial charge < -0.3 is 9.90 Å². The molecule has 0 aromatic heterocycles. The van der Waals surface area contributed by atoms with Crippen LogP contribution in [0.5, 0.6) is 0 Å². The van der Waals surface area contributed by atoms with Crippen molar-refractivity contribution in [2.45, 2.75) is 0 Å². The Morgan fingerprint density at radius 2 is 1.28 bits per heavy atom. The summed E-state index contributed by atoms with van der Waals surface area (Å²) in [6, 6.07) is 21.6. The van der Waals surface area contributed by atoms with Crippen LogP contribution in [0, 0.1) is 0 Å². The monoisotopic (exact) mass is 434 g/mol. The number of carboxylic acid groups (broad SMARTS) is 1. The minimum atomic E-state index is -1.23. The molecule has 0 aliphatic heterocycles. The zero-order chi connectivity index (χ0) is 13.2. The molecule has 0 bridgehead atoms. The fourth-order valence-corrected chi connectivity index (χ4v) is 4.81. The Hall–Kier alpha value is -1.47. The fourth-order valence-electron chi connectivity index (χ4n) is 1.15. The van der Waals surface area contributed by atoms with Crippen LogP contribution in [0.25, 0.3) is 0 Å². The van der Waals surface area contributed by atoms with E-state index in [2.05, 4.69) is 67.2 Å². The average molecular weight is 434 g/mol. The van der Waals surface area contributed by atoms with Gasteiger partial charge in [-0.25, -0.2) is 0 Å². The predicted molar refractivity (Wildman–Crippen MR) is 73.1 cm³/mol. The third-order valence-electron chi connectivity index (χ3n) is 1.94. The summed E-state index contributed by atoms with van der Waals surface area (Å²) in [5.41, 5.74) is 0. The molecule has 2 aromatic carbocycles. The maximum atomic E-state index is 9.14. The number of aliphatic carboxylic acids is 1. The van der Waals surface area contributed by atoms with Crippen LogP contribution in [-0.2, 0) is 4.79 Å². The van der Waals surface area contributed by atoms with Gasteiger partial charge >= 0.3 is 90.4 Å². The van der Waals surface area contributed by atoms with Crippen molar-refractivity contribution in [2.75, 3.05) is 0 Å². The third-order valence-corrected chi connectivity index (χ3v) is 6.26. The topological polar surface area (TPSA) is 40.1 Å². The van der Waals surface area contributed by atoms with Gasteiger partial charge in [0.1, 0.15) is 0 Å².